The standard InChI is InChI=1S/C7H10FN3O2/c8-6-1-7(10-4-9-6)11-5(2-12)3-13/h1,4-5,12-13H,2-3H2,(H,9,10,11). The molecule has 1 rings (SSSR count). The van der Waals surface area contributed by atoms with Gasteiger partial charge >= 0.3 is 0 Å². The predicted molar refractivity (Wildman–Crippen MR) is 43.6 cm³/mol. The number of halogens is 1. The first-order valence-corrected chi connectivity index (χ1v) is 3.72. The minimum absolute atomic E-state index is 0.237. The van der Waals surface area contributed by atoms with Crippen LogP contribution in [-0.2, 0) is 0 Å². The Balaban J connectivity index is 2.62. The summed E-state index contributed by atoms with van der Waals surface area (Å²) in [6.07, 6.45) is 1.06. The van der Waals surface area contributed by atoms with Gasteiger partial charge in [-0.3, -0.25) is 0 Å². The lowest BCUT2D eigenvalue weighted by Crippen LogP contribution is -2.28. The molecule has 1 aromatic rings. The van der Waals surface area contributed by atoms with Crippen molar-refractivity contribution in [3.8, 4) is 0 Å². The first-order chi connectivity index (χ1) is 6.26. The zero-order chi connectivity index (χ0) is 9.68. The number of aliphatic hydroxyl groups is 2. The van der Waals surface area contributed by atoms with E-state index in [-0.39, 0.29) is 19.0 Å². The number of nitrogens with zero attached hydrogens (tertiary/aromatic N) is 2. The van der Waals surface area contributed by atoms with E-state index >= 15 is 0 Å². The van der Waals surface area contributed by atoms with Crippen LogP contribution in [0.2, 0.25) is 0 Å². The molecule has 1 heterocycles. The maximum absolute atomic E-state index is 12.5. The number of aliphatic hydroxyl groups excluding tert-OH is 2. The summed E-state index contributed by atoms with van der Waals surface area (Å²) in [5, 5.41) is 20.0. The zero-order valence-corrected chi connectivity index (χ0v) is 6.81. The molecular formula is C7H10FN3O2. The van der Waals surface area contributed by atoms with Crippen LogP contribution in [0.4, 0.5) is 10.2 Å². The Morgan fingerprint density at radius 3 is 2.62 bits per heavy atom. The summed E-state index contributed by atoms with van der Waals surface area (Å²) in [6.45, 7) is -0.496. The van der Waals surface area contributed by atoms with Crippen molar-refractivity contribution >= 4 is 5.82 Å². The molecule has 6 heteroatoms. The number of nitrogens with one attached hydrogen (secondary N) is 1. The second-order valence-corrected chi connectivity index (χ2v) is 2.43. The van der Waals surface area contributed by atoms with Crippen molar-refractivity contribution in [3.63, 3.8) is 0 Å². The van der Waals surface area contributed by atoms with Crippen LogP contribution in [0.15, 0.2) is 12.4 Å². The van der Waals surface area contributed by atoms with Crippen molar-refractivity contribution in [2.24, 2.45) is 0 Å². The highest BCUT2D eigenvalue weighted by Gasteiger charge is 2.06. The molecule has 13 heavy (non-hydrogen) atoms. The number of rotatable bonds is 4. The molecule has 0 saturated heterocycles. The Morgan fingerprint density at radius 2 is 2.08 bits per heavy atom. The molecule has 1 aromatic heterocycles. The smallest absolute Gasteiger partial charge is 0.217 e. The summed E-state index contributed by atoms with van der Waals surface area (Å²) < 4.78 is 12.5. The fourth-order valence-corrected chi connectivity index (χ4v) is 0.771. The van der Waals surface area contributed by atoms with Gasteiger partial charge in [-0.1, -0.05) is 0 Å². The molecule has 0 bridgehead atoms. The normalized spacial score (nSPS) is 10.5. The molecule has 0 fully saturated rings. The van der Waals surface area contributed by atoms with Crippen LogP contribution in [0.1, 0.15) is 0 Å². The molecule has 3 N–H and O–H groups in total. The fraction of sp³-hybridized carbons (Fsp3) is 0.429. The Labute approximate surface area is 74.3 Å². The van der Waals surface area contributed by atoms with Gasteiger partial charge in [0, 0.05) is 6.07 Å². The van der Waals surface area contributed by atoms with Gasteiger partial charge in [0.1, 0.15) is 12.1 Å². The minimum atomic E-state index is -0.660. The van der Waals surface area contributed by atoms with Gasteiger partial charge in [-0.25, -0.2) is 9.97 Å². The van der Waals surface area contributed by atoms with Crippen molar-refractivity contribution in [3.05, 3.63) is 18.3 Å². The molecule has 5 nitrogen and oxygen atoms in total. The molecule has 0 aliphatic carbocycles. The van der Waals surface area contributed by atoms with Crippen molar-refractivity contribution in [2.45, 2.75) is 6.04 Å². The third-order valence-corrected chi connectivity index (χ3v) is 1.43. The van der Waals surface area contributed by atoms with Crippen LogP contribution >= 0.6 is 0 Å². The predicted octanol–water partition coefficient (Wildman–Crippen LogP) is -0.619. The number of aromatic nitrogens is 2. The van der Waals surface area contributed by atoms with Gasteiger partial charge in [-0.2, -0.15) is 4.39 Å². The summed E-state index contributed by atoms with van der Waals surface area (Å²) in [5.41, 5.74) is 0. The first-order valence-electron chi connectivity index (χ1n) is 3.72. The van der Waals surface area contributed by atoms with E-state index in [1.54, 1.807) is 0 Å². The highest BCUT2D eigenvalue weighted by molar-refractivity contribution is 5.33. The number of hydrogen-bond acceptors (Lipinski definition) is 5. The first kappa shape index (κ1) is 9.82. The van der Waals surface area contributed by atoms with Crippen molar-refractivity contribution in [2.75, 3.05) is 18.5 Å². The van der Waals surface area contributed by atoms with Gasteiger partial charge in [0.15, 0.2) is 0 Å². The molecule has 0 spiro atoms. The van der Waals surface area contributed by atoms with E-state index in [1.807, 2.05) is 0 Å². The summed E-state index contributed by atoms with van der Waals surface area (Å²) in [5.74, 6) is -0.423. The van der Waals surface area contributed by atoms with Crippen molar-refractivity contribution < 1.29 is 14.6 Å². The van der Waals surface area contributed by atoms with Crippen LogP contribution in [0, 0.1) is 5.95 Å². The molecule has 72 valence electrons. The van der Waals surface area contributed by atoms with Gasteiger partial charge in [-0.05, 0) is 0 Å². The summed E-state index contributed by atoms with van der Waals surface area (Å²) in [6, 6.07) is 0.549. The van der Waals surface area contributed by atoms with Crippen LogP contribution in [-0.4, -0.2) is 39.4 Å². The number of hydrogen-bond donors (Lipinski definition) is 3. The summed E-state index contributed by atoms with van der Waals surface area (Å²) in [4.78, 5) is 6.95. The quantitative estimate of drug-likeness (QED) is 0.547. The Morgan fingerprint density at radius 1 is 1.38 bits per heavy atom. The average molecular weight is 187 g/mol. The lowest BCUT2D eigenvalue weighted by atomic mass is 10.3. The monoisotopic (exact) mass is 187 g/mol. The Hall–Kier alpha value is -1.27. The fourth-order valence-electron chi connectivity index (χ4n) is 0.771. The van der Waals surface area contributed by atoms with Gasteiger partial charge in [0.25, 0.3) is 0 Å². The molecule has 0 aliphatic heterocycles. The second-order valence-electron chi connectivity index (χ2n) is 2.43. The Bertz CT molecular complexity index is 268. The summed E-state index contributed by atoms with van der Waals surface area (Å²) in [7, 11) is 0. The third-order valence-electron chi connectivity index (χ3n) is 1.43. The van der Waals surface area contributed by atoms with Gasteiger partial charge in [0.05, 0.1) is 19.3 Å². The second kappa shape index (κ2) is 4.68. The molecule has 0 aromatic carbocycles. The third kappa shape index (κ3) is 2.92. The van der Waals surface area contributed by atoms with E-state index in [0.29, 0.717) is 0 Å². The van der Waals surface area contributed by atoms with Gasteiger partial charge in [0.2, 0.25) is 5.95 Å². The van der Waals surface area contributed by atoms with Crippen LogP contribution in [0.25, 0.3) is 0 Å². The zero-order valence-electron chi connectivity index (χ0n) is 6.81. The van der Waals surface area contributed by atoms with Crippen LogP contribution < -0.4 is 5.32 Å². The van der Waals surface area contributed by atoms with E-state index in [0.717, 1.165) is 12.4 Å². The highest BCUT2D eigenvalue weighted by Crippen LogP contribution is 2.03. The van der Waals surface area contributed by atoms with Gasteiger partial charge in [-0.15, -0.1) is 0 Å². The average Bonchev–Trinajstić information content (AvgIpc) is 2.14. The lowest BCUT2D eigenvalue weighted by molar-refractivity contribution is 0.203. The largest absolute Gasteiger partial charge is 0.394 e. The summed E-state index contributed by atoms with van der Waals surface area (Å²) >= 11 is 0. The molecule has 0 saturated carbocycles. The SMILES string of the molecule is OCC(CO)Nc1cc(F)ncn1. The van der Waals surface area contributed by atoms with E-state index in [2.05, 4.69) is 15.3 Å². The molecule has 0 amide bonds. The molecular weight excluding hydrogens is 177 g/mol. The maximum atomic E-state index is 12.5. The van der Waals surface area contributed by atoms with Crippen LogP contribution in [0.3, 0.4) is 0 Å². The molecule has 0 atom stereocenters. The minimum Gasteiger partial charge on any atom is -0.394 e. The van der Waals surface area contributed by atoms with E-state index in [4.69, 9.17) is 10.2 Å². The highest BCUT2D eigenvalue weighted by atomic mass is 19.1. The van der Waals surface area contributed by atoms with E-state index in [9.17, 15) is 4.39 Å². The molecule has 0 aliphatic rings. The topological polar surface area (TPSA) is 78.3 Å². The van der Waals surface area contributed by atoms with E-state index in [1.165, 1.54) is 0 Å². The van der Waals surface area contributed by atoms with Gasteiger partial charge < -0.3 is 15.5 Å². The van der Waals surface area contributed by atoms with Crippen molar-refractivity contribution in [1.82, 2.24) is 9.97 Å². The van der Waals surface area contributed by atoms with E-state index < -0.39 is 12.0 Å². The Kier molecular flexibility index (Phi) is 3.53. The van der Waals surface area contributed by atoms with Crippen LogP contribution in [0.5, 0.6) is 0 Å². The molecule has 0 radical (unpaired) electrons. The maximum Gasteiger partial charge on any atom is 0.217 e. The van der Waals surface area contributed by atoms with Crippen molar-refractivity contribution in [1.29, 1.82) is 0 Å². The molecule has 0 unspecified atom stereocenters. The lowest BCUT2D eigenvalue weighted by Gasteiger charge is -2.12. The number of anilines is 1.